The average Bonchev–Trinajstić information content (AvgIpc) is 2.94. The smallest absolute Gasteiger partial charge is 0.244 e. The van der Waals surface area contributed by atoms with Crippen LogP contribution in [0.1, 0.15) is 18.0 Å². The molecule has 2 aromatic rings. The van der Waals surface area contributed by atoms with E-state index in [2.05, 4.69) is 14.9 Å². The number of rotatable bonds is 3. The second-order valence-corrected chi connectivity index (χ2v) is 6.52. The zero-order valence-corrected chi connectivity index (χ0v) is 11.9. The van der Waals surface area contributed by atoms with Gasteiger partial charge in [0.2, 0.25) is 10.0 Å². The Bertz CT molecular complexity index is 716. The molecule has 2 N–H and O–H groups in total. The fourth-order valence-corrected chi connectivity index (χ4v) is 3.54. The number of hydrogen-bond acceptors (Lipinski definition) is 4. The van der Waals surface area contributed by atoms with Crippen LogP contribution in [0.15, 0.2) is 35.5 Å². The Morgan fingerprint density at radius 1 is 1.45 bits per heavy atom. The van der Waals surface area contributed by atoms with Crippen molar-refractivity contribution in [3.8, 4) is 5.75 Å². The molecule has 0 spiro atoms. The molecule has 106 valence electrons. The molecule has 0 aliphatic carbocycles. The first-order valence-electron chi connectivity index (χ1n) is 6.00. The van der Waals surface area contributed by atoms with Gasteiger partial charge in [-0.05, 0) is 6.07 Å². The Morgan fingerprint density at radius 3 is 3.05 bits per heavy atom. The van der Waals surface area contributed by atoms with Gasteiger partial charge in [0, 0.05) is 18.2 Å². The first kappa shape index (κ1) is 13.4. The van der Waals surface area contributed by atoms with Crippen LogP contribution in [0.25, 0.3) is 0 Å². The van der Waals surface area contributed by atoms with Crippen molar-refractivity contribution in [2.24, 2.45) is 0 Å². The van der Waals surface area contributed by atoms with Gasteiger partial charge in [0.25, 0.3) is 0 Å². The number of nitrogens with zero attached hydrogens (tertiary/aromatic N) is 1. The Balaban J connectivity index is 1.93. The first-order valence-corrected chi connectivity index (χ1v) is 7.86. The number of nitrogens with one attached hydrogen (secondary N) is 2. The van der Waals surface area contributed by atoms with Crippen molar-refractivity contribution in [3.63, 3.8) is 0 Å². The van der Waals surface area contributed by atoms with Crippen molar-refractivity contribution in [1.82, 2.24) is 14.9 Å². The average molecular weight is 314 g/mol. The molecule has 0 saturated heterocycles. The Morgan fingerprint density at radius 2 is 2.30 bits per heavy atom. The second kappa shape index (κ2) is 5.08. The molecule has 1 aliphatic rings. The van der Waals surface area contributed by atoms with Crippen LogP contribution >= 0.6 is 11.6 Å². The lowest BCUT2D eigenvalue weighted by molar-refractivity contribution is 0.263. The zero-order chi connectivity index (χ0) is 14.2. The van der Waals surface area contributed by atoms with Crippen molar-refractivity contribution in [2.75, 3.05) is 6.61 Å². The minimum Gasteiger partial charge on any atom is -0.492 e. The quantitative estimate of drug-likeness (QED) is 0.906. The second-order valence-electron chi connectivity index (χ2n) is 4.40. The van der Waals surface area contributed by atoms with Crippen molar-refractivity contribution >= 4 is 21.6 Å². The lowest BCUT2D eigenvalue weighted by Crippen LogP contribution is -2.32. The van der Waals surface area contributed by atoms with Crippen molar-refractivity contribution in [1.29, 1.82) is 0 Å². The van der Waals surface area contributed by atoms with Gasteiger partial charge in [0.05, 0.1) is 23.9 Å². The summed E-state index contributed by atoms with van der Waals surface area (Å²) in [7, 11) is -3.61. The minimum absolute atomic E-state index is 0.104. The molecule has 0 amide bonds. The first-order chi connectivity index (χ1) is 9.58. The molecule has 0 bridgehead atoms. The van der Waals surface area contributed by atoms with E-state index in [1.165, 1.54) is 12.4 Å². The van der Waals surface area contributed by atoms with E-state index in [-0.39, 0.29) is 10.9 Å². The molecule has 6 nitrogen and oxygen atoms in total. The summed E-state index contributed by atoms with van der Waals surface area (Å²) in [4.78, 5) is 0.104. The molecule has 1 aliphatic heterocycles. The van der Waals surface area contributed by atoms with Crippen molar-refractivity contribution in [2.45, 2.75) is 17.4 Å². The van der Waals surface area contributed by atoms with Gasteiger partial charge in [-0.3, -0.25) is 5.10 Å². The van der Waals surface area contributed by atoms with E-state index >= 15 is 0 Å². The SMILES string of the molecule is O=S(=O)(N[C@H]1CCOc2c(Cl)cccc21)c1cn[nH]c1. The predicted molar refractivity (Wildman–Crippen MR) is 73.2 cm³/mol. The highest BCUT2D eigenvalue weighted by molar-refractivity contribution is 7.89. The number of fused-ring (bicyclic) bond motifs is 1. The van der Waals surface area contributed by atoms with E-state index in [1.54, 1.807) is 12.1 Å². The monoisotopic (exact) mass is 313 g/mol. The molecule has 1 aromatic carbocycles. The molecular weight excluding hydrogens is 302 g/mol. The third-order valence-electron chi connectivity index (χ3n) is 3.11. The number of benzene rings is 1. The number of ether oxygens (including phenoxy) is 1. The summed E-state index contributed by atoms with van der Waals surface area (Å²) in [6.45, 7) is 0.412. The lowest BCUT2D eigenvalue weighted by Gasteiger charge is -2.26. The highest BCUT2D eigenvalue weighted by Gasteiger charge is 2.28. The highest BCUT2D eigenvalue weighted by atomic mass is 35.5. The topological polar surface area (TPSA) is 84.1 Å². The van der Waals surface area contributed by atoms with Gasteiger partial charge in [-0.25, -0.2) is 13.1 Å². The number of halogens is 1. The zero-order valence-electron chi connectivity index (χ0n) is 10.3. The number of sulfonamides is 1. The molecule has 8 heteroatoms. The van der Waals surface area contributed by atoms with E-state index in [0.29, 0.717) is 23.8 Å². The van der Waals surface area contributed by atoms with Crippen LogP contribution in [0.3, 0.4) is 0 Å². The van der Waals surface area contributed by atoms with Crippen molar-refractivity contribution < 1.29 is 13.2 Å². The highest BCUT2D eigenvalue weighted by Crippen LogP contribution is 2.37. The van der Waals surface area contributed by atoms with Crippen LogP contribution in [0, 0.1) is 0 Å². The number of hydrogen-bond donors (Lipinski definition) is 2. The summed E-state index contributed by atoms with van der Waals surface area (Å²) in [5.74, 6) is 0.542. The lowest BCUT2D eigenvalue weighted by atomic mass is 10.0. The predicted octanol–water partition coefficient (Wildman–Crippen LogP) is 1.87. The van der Waals surface area contributed by atoms with Gasteiger partial charge < -0.3 is 4.74 Å². The fraction of sp³-hybridized carbons (Fsp3) is 0.250. The molecule has 0 radical (unpaired) electrons. The van der Waals surface area contributed by atoms with Gasteiger partial charge in [-0.2, -0.15) is 5.10 Å². The van der Waals surface area contributed by atoms with Crippen LogP contribution in [0.5, 0.6) is 5.75 Å². The summed E-state index contributed by atoms with van der Waals surface area (Å²) in [6.07, 6.45) is 3.14. The fourth-order valence-electron chi connectivity index (χ4n) is 2.15. The molecule has 3 rings (SSSR count). The summed E-state index contributed by atoms with van der Waals surface area (Å²) in [5, 5.41) is 6.62. The maximum atomic E-state index is 12.2. The Labute approximate surface area is 121 Å². The van der Waals surface area contributed by atoms with Gasteiger partial charge >= 0.3 is 0 Å². The summed E-state index contributed by atoms with van der Waals surface area (Å²) in [5.41, 5.74) is 0.746. The Kier molecular flexibility index (Phi) is 3.41. The van der Waals surface area contributed by atoms with E-state index in [0.717, 1.165) is 5.56 Å². The molecule has 0 saturated carbocycles. The molecule has 1 atom stereocenters. The van der Waals surface area contributed by atoms with Crippen LogP contribution in [0.4, 0.5) is 0 Å². The molecule has 2 heterocycles. The summed E-state index contributed by atoms with van der Waals surface area (Å²) >= 11 is 6.06. The number of aromatic nitrogens is 2. The Hall–Kier alpha value is -1.57. The van der Waals surface area contributed by atoms with Gasteiger partial charge in [-0.15, -0.1) is 0 Å². The molecule has 0 fully saturated rings. The third kappa shape index (κ3) is 2.39. The molecule has 20 heavy (non-hydrogen) atoms. The summed E-state index contributed by atoms with van der Waals surface area (Å²) < 4.78 is 32.6. The van der Waals surface area contributed by atoms with Crippen LogP contribution in [-0.2, 0) is 10.0 Å². The van der Waals surface area contributed by atoms with Crippen LogP contribution < -0.4 is 9.46 Å². The van der Waals surface area contributed by atoms with E-state index in [9.17, 15) is 8.42 Å². The van der Waals surface area contributed by atoms with Gasteiger partial charge in [0.15, 0.2) is 0 Å². The normalized spacial score (nSPS) is 18.4. The largest absolute Gasteiger partial charge is 0.492 e. The number of H-pyrrole nitrogens is 1. The minimum atomic E-state index is -3.61. The summed E-state index contributed by atoms with van der Waals surface area (Å²) in [6, 6.07) is 4.93. The van der Waals surface area contributed by atoms with Crippen LogP contribution in [-0.4, -0.2) is 25.2 Å². The molecule has 1 aromatic heterocycles. The van der Waals surface area contributed by atoms with E-state index in [4.69, 9.17) is 16.3 Å². The van der Waals surface area contributed by atoms with Gasteiger partial charge in [-0.1, -0.05) is 23.7 Å². The van der Waals surface area contributed by atoms with Gasteiger partial charge in [0.1, 0.15) is 10.6 Å². The maximum Gasteiger partial charge on any atom is 0.244 e. The molecular formula is C12H12ClN3O3S. The maximum absolute atomic E-state index is 12.2. The standard InChI is InChI=1S/C12H12ClN3O3S/c13-10-3-1-2-9-11(4-5-19-12(9)10)16-20(17,18)8-6-14-15-7-8/h1-3,6-7,11,16H,4-5H2,(H,14,15)/t11-/m0/s1. The third-order valence-corrected chi connectivity index (χ3v) is 4.84. The number of para-hydroxylation sites is 1. The number of aromatic amines is 1. The van der Waals surface area contributed by atoms with Crippen molar-refractivity contribution in [3.05, 3.63) is 41.2 Å². The van der Waals surface area contributed by atoms with E-state index < -0.39 is 10.0 Å². The molecule has 0 unspecified atom stereocenters. The van der Waals surface area contributed by atoms with Crippen LogP contribution in [0.2, 0.25) is 5.02 Å². The van der Waals surface area contributed by atoms with E-state index in [1.807, 2.05) is 6.07 Å².